The van der Waals surface area contributed by atoms with E-state index < -0.39 is 10.4 Å². The zero-order valence-corrected chi connectivity index (χ0v) is 15.6. The molecule has 0 aromatic rings. The molecule has 7 atom stereocenters. The summed E-state index contributed by atoms with van der Waals surface area (Å²) in [6.07, 6.45) is 13.4. The average Bonchev–Trinajstić information content (AvgIpc) is 2.88. The molecule has 0 radical (unpaired) electrons. The Hall–Kier alpha value is -0.390. The standard InChI is InChI=1S/C19H30O4S/c1-18-9-3-4-16(18)15-6-5-13-12-14(23-24(20,21)22)7-11-19(13,2)17(15)8-10-18/h3,9,13-17H,4-8,10-12H2,1-2H3,(H,20,21,22)/t13-,14+,15-,16-,17-,18-,19-/m0/s1. The van der Waals surface area contributed by atoms with E-state index in [-0.39, 0.29) is 6.10 Å². The predicted molar refractivity (Wildman–Crippen MR) is 92.7 cm³/mol. The van der Waals surface area contributed by atoms with Crippen LogP contribution in [0.1, 0.15) is 65.2 Å². The van der Waals surface area contributed by atoms with Crippen molar-refractivity contribution in [3.05, 3.63) is 12.2 Å². The van der Waals surface area contributed by atoms with Gasteiger partial charge in [0.25, 0.3) is 0 Å². The molecule has 0 saturated heterocycles. The third-order valence-corrected chi connectivity index (χ3v) is 8.72. The number of allylic oxidation sites excluding steroid dienone is 2. The summed E-state index contributed by atoms with van der Waals surface area (Å²) in [5.74, 6) is 2.92. The maximum absolute atomic E-state index is 11.1. The van der Waals surface area contributed by atoms with Crippen LogP contribution in [0.25, 0.3) is 0 Å². The smallest absolute Gasteiger partial charge is 0.264 e. The van der Waals surface area contributed by atoms with E-state index in [1.165, 1.54) is 32.1 Å². The Morgan fingerprint density at radius 3 is 2.62 bits per heavy atom. The number of rotatable bonds is 2. The second-order valence-electron chi connectivity index (χ2n) is 9.26. The SMILES string of the molecule is C[C@]12CC[C@@H](OS(=O)(=O)O)C[C@@H]1CC[C@@H]1[C@@H]2CC[C@]2(C)C=CC[C@@H]12. The van der Waals surface area contributed by atoms with Crippen LogP contribution in [-0.2, 0) is 14.6 Å². The van der Waals surface area contributed by atoms with Gasteiger partial charge in [0, 0.05) is 0 Å². The van der Waals surface area contributed by atoms with E-state index in [4.69, 9.17) is 8.74 Å². The lowest BCUT2D eigenvalue weighted by molar-refractivity contribution is -0.113. The Bertz CT molecular complexity index is 642. The maximum Gasteiger partial charge on any atom is 0.397 e. The summed E-state index contributed by atoms with van der Waals surface area (Å²) in [6, 6.07) is 0. The van der Waals surface area contributed by atoms with Crippen molar-refractivity contribution in [1.29, 1.82) is 0 Å². The topological polar surface area (TPSA) is 63.6 Å². The number of fused-ring (bicyclic) bond motifs is 5. The first-order chi connectivity index (χ1) is 11.2. The molecule has 0 heterocycles. The van der Waals surface area contributed by atoms with Crippen LogP contribution in [0.15, 0.2) is 12.2 Å². The summed E-state index contributed by atoms with van der Waals surface area (Å²) < 4.78 is 36.0. The van der Waals surface area contributed by atoms with Gasteiger partial charge in [-0.3, -0.25) is 4.55 Å². The highest BCUT2D eigenvalue weighted by molar-refractivity contribution is 7.80. The fourth-order valence-corrected chi connectivity index (χ4v) is 7.48. The largest absolute Gasteiger partial charge is 0.397 e. The van der Waals surface area contributed by atoms with Crippen molar-refractivity contribution in [1.82, 2.24) is 0 Å². The molecular formula is C19H30O4S. The van der Waals surface area contributed by atoms with Gasteiger partial charge >= 0.3 is 10.4 Å². The molecule has 0 aliphatic heterocycles. The van der Waals surface area contributed by atoms with Gasteiger partial charge in [-0.25, -0.2) is 4.18 Å². The number of hydrogen-bond acceptors (Lipinski definition) is 3. The zero-order chi connectivity index (χ0) is 17.2. The van der Waals surface area contributed by atoms with Crippen molar-refractivity contribution in [2.24, 2.45) is 34.5 Å². The molecule has 24 heavy (non-hydrogen) atoms. The van der Waals surface area contributed by atoms with E-state index in [1.807, 2.05) is 0 Å². The van der Waals surface area contributed by atoms with Gasteiger partial charge in [0.05, 0.1) is 6.10 Å². The van der Waals surface area contributed by atoms with Gasteiger partial charge in [-0.15, -0.1) is 0 Å². The first kappa shape index (κ1) is 17.0. The average molecular weight is 355 g/mol. The van der Waals surface area contributed by atoms with Gasteiger partial charge in [-0.05, 0) is 85.9 Å². The van der Waals surface area contributed by atoms with E-state index >= 15 is 0 Å². The Labute approximate surface area is 146 Å². The quantitative estimate of drug-likeness (QED) is 0.590. The summed E-state index contributed by atoms with van der Waals surface area (Å²) in [7, 11) is -4.33. The number of hydrogen-bond donors (Lipinski definition) is 1. The Balaban J connectivity index is 1.53. The lowest BCUT2D eigenvalue weighted by atomic mass is 9.45. The summed E-state index contributed by atoms with van der Waals surface area (Å²) in [6.45, 7) is 4.89. The monoisotopic (exact) mass is 354 g/mol. The van der Waals surface area contributed by atoms with Crippen LogP contribution in [0.5, 0.6) is 0 Å². The van der Waals surface area contributed by atoms with E-state index in [0.717, 1.165) is 37.0 Å². The van der Waals surface area contributed by atoms with Gasteiger partial charge < -0.3 is 0 Å². The highest BCUT2D eigenvalue weighted by atomic mass is 32.3. The van der Waals surface area contributed by atoms with Crippen molar-refractivity contribution in [3.63, 3.8) is 0 Å². The van der Waals surface area contributed by atoms with Crippen LogP contribution in [0.3, 0.4) is 0 Å². The highest BCUT2D eigenvalue weighted by Crippen LogP contribution is 2.65. The molecule has 136 valence electrons. The molecule has 0 unspecified atom stereocenters. The molecule has 0 spiro atoms. The van der Waals surface area contributed by atoms with Crippen LogP contribution < -0.4 is 0 Å². The molecular weight excluding hydrogens is 324 g/mol. The highest BCUT2D eigenvalue weighted by Gasteiger charge is 2.57. The second-order valence-corrected chi connectivity index (χ2v) is 10.3. The fraction of sp³-hybridized carbons (Fsp3) is 0.895. The van der Waals surface area contributed by atoms with Gasteiger partial charge in [0.2, 0.25) is 0 Å². The van der Waals surface area contributed by atoms with Crippen molar-refractivity contribution in [2.45, 2.75) is 71.3 Å². The molecule has 0 aromatic carbocycles. The van der Waals surface area contributed by atoms with E-state index in [2.05, 4.69) is 26.0 Å². The first-order valence-electron chi connectivity index (χ1n) is 9.55. The molecule has 4 rings (SSSR count). The minimum absolute atomic E-state index is 0.311. The van der Waals surface area contributed by atoms with Gasteiger partial charge in [0.15, 0.2) is 0 Å². The summed E-state index contributed by atoms with van der Waals surface area (Å²) in [5.41, 5.74) is 0.724. The van der Waals surface area contributed by atoms with Gasteiger partial charge in [-0.1, -0.05) is 26.0 Å². The molecule has 0 aromatic heterocycles. The second kappa shape index (κ2) is 5.55. The molecule has 0 bridgehead atoms. The van der Waals surface area contributed by atoms with Crippen LogP contribution in [0, 0.1) is 34.5 Å². The summed E-state index contributed by atoms with van der Waals surface area (Å²) in [4.78, 5) is 0. The molecule has 3 saturated carbocycles. The van der Waals surface area contributed by atoms with Crippen LogP contribution >= 0.6 is 0 Å². The van der Waals surface area contributed by atoms with Crippen LogP contribution in [-0.4, -0.2) is 19.1 Å². The zero-order valence-electron chi connectivity index (χ0n) is 14.8. The predicted octanol–water partition coefficient (Wildman–Crippen LogP) is 4.38. The Kier molecular flexibility index (Phi) is 3.94. The lowest BCUT2D eigenvalue weighted by Gasteiger charge is -2.60. The van der Waals surface area contributed by atoms with Crippen molar-refractivity contribution in [3.8, 4) is 0 Å². The Morgan fingerprint density at radius 1 is 1.08 bits per heavy atom. The maximum atomic E-state index is 11.1. The molecule has 3 fully saturated rings. The van der Waals surface area contributed by atoms with Gasteiger partial charge in [0.1, 0.15) is 0 Å². The van der Waals surface area contributed by atoms with Crippen LogP contribution in [0.2, 0.25) is 0 Å². The minimum atomic E-state index is -4.33. The third kappa shape index (κ3) is 2.67. The molecule has 1 N–H and O–H groups in total. The minimum Gasteiger partial charge on any atom is -0.264 e. The van der Waals surface area contributed by atoms with Gasteiger partial charge in [-0.2, -0.15) is 8.42 Å². The summed E-state index contributed by atoms with van der Waals surface area (Å²) >= 11 is 0. The first-order valence-corrected chi connectivity index (χ1v) is 10.9. The van der Waals surface area contributed by atoms with E-state index in [9.17, 15) is 8.42 Å². The van der Waals surface area contributed by atoms with Crippen molar-refractivity contribution < 1.29 is 17.2 Å². The Morgan fingerprint density at radius 2 is 1.88 bits per heavy atom. The van der Waals surface area contributed by atoms with E-state index in [0.29, 0.717) is 16.7 Å². The molecule has 4 aliphatic rings. The molecule has 5 heteroatoms. The third-order valence-electron chi connectivity index (χ3n) is 8.20. The van der Waals surface area contributed by atoms with Crippen molar-refractivity contribution >= 4 is 10.4 Å². The van der Waals surface area contributed by atoms with Crippen molar-refractivity contribution in [2.75, 3.05) is 0 Å². The van der Waals surface area contributed by atoms with Crippen LogP contribution in [0.4, 0.5) is 0 Å². The fourth-order valence-electron chi connectivity index (χ4n) is 6.96. The molecule has 4 aliphatic carbocycles. The lowest BCUT2D eigenvalue weighted by Crippen LogP contribution is -2.53. The van der Waals surface area contributed by atoms with E-state index in [1.54, 1.807) is 0 Å². The molecule has 0 amide bonds. The summed E-state index contributed by atoms with van der Waals surface area (Å²) in [5, 5.41) is 0. The molecule has 4 nitrogen and oxygen atoms in total. The normalized spacial score (nSPS) is 50.9.